The van der Waals surface area contributed by atoms with Crippen LogP contribution in [0, 0.1) is 5.92 Å². The first-order chi connectivity index (χ1) is 10.3. The van der Waals surface area contributed by atoms with Crippen LogP contribution in [-0.2, 0) is 0 Å². The molecule has 2 fully saturated rings. The highest BCUT2D eigenvalue weighted by molar-refractivity contribution is 9.11. The maximum absolute atomic E-state index is 3.83. The molecule has 0 bridgehead atoms. The summed E-state index contributed by atoms with van der Waals surface area (Å²) in [6.45, 7) is 2.57. The quantitative estimate of drug-likeness (QED) is 0.469. The van der Waals surface area contributed by atoms with Crippen molar-refractivity contribution in [2.24, 2.45) is 5.92 Å². The summed E-state index contributed by atoms with van der Waals surface area (Å²) in [5.74, 6) is 0.681. The van der Waals surface area contributed by atoms with Crippen molar-refractivity contribution in [3.8, 4) is 0 Å². The average Bonchev–Trinajstić information content (AvgIpc) is 2.96. The van der Waals surface area contributed by atoms with Gasteiger partial charge in [0.1, 0.15) is 0 Å². The summed E-state index contributed by atoms with van der Waals surface area (Å²) in [4.78, 5) is 0. The van der Waals surface area contributed by atoms with Crippen LogP contribution in [0.2, 0.25) is 0 Å². The monoisotopic (exact) mass is 368 g/mol. The van der Waals surface area contributed by atoms with Gasteiger partial charge in [-0.15, -0.1) is 0 Å². The van der Waals surface area contributed by atoms with Gasteiger partial charge in [0.05, 0.1) is 0 Å². The lowest BCUT2D eigenvalue weighted by atomic mass is 9.99. The van der Waals surface area contributed by atoms with Crippen molar-refractivity contribution in [1.29, 1.82) is 0 Å². The van der Waals surface area contributed by atoms with Crippen LogP contribution in [0.4, 0.5) is 0 Å². The molecule has 0 aliphatic heterocycles. The molecule has 21 heavy (non-hydrogen) atoms. The highest BCUT2D eigenvalue weighted by Gasteiger charge is 2.37. The molecule has 0 aromatic heterocycles. The Hall–Kier alpha value is 0.390. The van der Waals surface area contributed by atoms with E-state index in [0.717, 1.165) is 17.0 Å². The Labute approximate surface area is 140 Å². The lowest BCUT2D eigenvalue weighted by Gasteiger charge is -2.43. The Morgan fingerprint density at radius 1 is 0.952 bits per heavy atom. The average molecular weight is 369 g/mol. The Morgan fingerprint density at radius 2 is 1.48 bits per heavy atom. The van der Waals surface area contributed by atoms with Gasteiger partial charge in [0.25, 0.3) is 0 Å². The Balaban J connectivity index is 1.76. The standard InChI is InChI=1S/C19H30BrP/c1-15(18-13-8-14-19(18)20)21(16-9-4-2-5-10-16)17-11-6-3-7-12-17/h8,13-18H,2-7,9-12H2,1H3. The highest BCUT2D eigenvalue weighted by atomic mass is 79.9. The van der Waals surface area contributed by atoms with Crippen molar-refractivity contribution in [1.82, 2.24) is 0 Å². The second-order valence-corrected chi connectivity index (χ2v) is 11.3. The summed E-state index contributed by atoms with van der Waals surface area (Å²) in [6.07, 6.45) is 22.1. The zero-order chi connectivity index (χ0) is 14.7. The molecule has 2 heteroatoms. The fraction of sp³-hybridized carbons (Fsp3) is 0.789. The van der Waals surface area contributed by atoms with Crippen LogP contribution >= 0.6 is 23.9 Å². The maximum atomic E-state index is 3.83. The molecule has 0 spiro atoms. The molecular formula is C19H30BrP. The molecule has 3 rings (SSSR count). The van der Waals surface area contributed by atoms with Gasteiger partial charge in [0, 0.05) is 10.4 Å². The molecule has 118 valence electrons. The molecule has 3 aliphatic carbocycles. The largest absolute Gasteiger partial charge is 0.0965 e. The third-order valence-corrected chi connectivity index (χ3v) is 10.6. The zero-order valence-corrected chi connectivity index (χ0v) is 15.9. The molecule has 0 amide bonds. The summed E-state index contributed by atoms with van der Waals surface area (Å²) in [5.41, 5.74) is 3.01. The van der Waals surface area contributed by atoms with E-state index in [-0.39, 0.29) is 7.92 Å². The Bertz CT molecular complexity index is 370. The van der Waals surface area contributed by atoms with Crippen molar-refractivity contribution in [2.75, 3.05) is 0 Å². The first-order valence-corrected chi connectivity index (χ1v) is 11.4. The van der Waals surface area contributed by atoms with Crippen molar-refractivity contribution in [3.05, 3.63) is 22.7 Å². The summed E-state index contributed by atoms with van der Waals surface area (Å²) < 4.78 is 1.44. The molecular weight excluding hydrogens is 339 g/mol. The van der Waals surface area contributed by atoms with E-state index in [2.05, 4.69) is 41.1 Å². The van der Waals surface area contributed by atoms with Gasteiger partial charge >= 0.3 is 0 Å². The van der Waals surface area contributed by atoms with Crippen LogP contribution in [0.5, 0.6) is 0 Å². The van der Waals surface area contributed by atoms with Crippen molar-refractivity contribution < 1.29 is 0 Å². The van der Waals surface area contributed by atoms with Crippen molar-refractivity contribution >= 4 is 23.9 Å². The Morgan fingerprint density at radius 3 is 1.90 bits per heavy atom. The van der Waals surface area contributed by atoms with Crippen molar-refractivity contribution in [3.63, 3.8) is 0 Å². The lowest BCUT2D eigenvalue weighted by Crippen LogP contribution is -2.28. The van der Waals surface area contributed by atoms with E-state index in [1.165, 1.54) is 68.7 Å². The SMILES string of the molecule is CC(C1C=CC=C1Br)P(C1CCCCC1)C1CCCCC1. The molecule has 0 radical (unpaired) electrons. The summed E-state index contributed by atoms with van der Waals surface area (Å²) in [6, 6.07) is 0. The fourth-order valence-corrected chi connectivity index (χ4v) is 10.2. The van der Waals surface area contributed by atoms with E-state index in [1.807, 2.05) is 0 Å². The Kier molecular flexibility index (Phi) is 6.02. The topological polar surface area (TPSA) is 0 Å². The van der Waals surface area contributed by atoms with E-state index in [4.69, 9.17) is 0 Å². The highest BCUT2D eigenvalue weighted by Crippen LogP contribution is 2.61. The molecule has 2 unspecified atom stereocenters. The zero-order valence-electron chi connectivity index (χ0n) is 13.4. The molecule has 3 aliphatic rings. The van der Waals surface area contributed by atoms with Gasteiger partial charge in [0.15, 0.2) is 0 Å². The minimum absolute atomic E-state index is 0.182. The van der Waals surface area contributed by atoms with E-state index >= 15 is 0 Å². The van der Waals surface area contributed by atoms with E-state index in [1.54, 1.807) is 0 Å². The molecule has 2 saturated carbocycles. The minimum Gasteiger partial charge on any atom is -0.0965 e. The number of hydrogen-bond donors (Lipinski definition) is 0. The number of hydrogen-bond acceptors (Lipinski definition) is 0. The normalized spacial score (nSPS) is 29.9. The van der Waals surface area contributed by atoms with E-state index in [9.17, 15) is 0 Å². The molecule has 0 aromatic carbocycles. The molecule has 0 aromatic rings. The van der Waals surface area contributed by atoms with E-state index < -0.39 is 0 Å². The van der Waals surface area contributed by atoms with Gasteiger partial charge < -0.3 is 0 Å². The third kappa shape index (κ3) is 3.84. The van der Waals surface area contributed by atoms with Crippen LogP contribution in [0.15, 0.2) is 22.7 Å². The lowest BCUT2D eigenvalue weighted by molar-refractivity contribution is 0.479. The van der Waals surface area contributed by atoms with Crippen LogP contribution in [0.25, 0.3) is 0 Å². The van der Waals surface area contributed by atoms with Crippen LogP contribution in [0.3, 0.4) is 0 Å². The first kappa shape index (κ1) is 16.3. The summed E-state index contributed by atoms with van der Waals surface area (Å²) in [7, 11) is 0.182. The van der Waals surface area contributed by atoms with Gasteiger partial charge in [-0.2, -0.15) is 0 Å². The fourth-order valence-electron chi connectivity index (χ4n) is 4.77. The predicted molar refractivity (Wildman–Crippen MR) is 99.8 cm³/mol. The summed E-state index contributed by atoms with van der Waals surface area (Å²) in [5, 5.41) is 0. The van der Waals surface area contributed by atoms with Gasteiger partial charge in [-0.25, -0.2) is 0 Å². The minimum atomic E-state index is 0.182. The number of allylic oxidation sites excluding steroid dienone is 4. The third-order valence-electron chi connectivity index (χ3n) is 5.87. The second kappa shape index (κ2) is 7.78. The molecule has 2 atom stereocenters. The van der Waals surface area contributed by atoms with Crippen molar-refractivity contribution in [2.45, 2.75) is 88.1 Å². The van der Waals surface area contributed by atoms with Crippen LogP contribution in [0.1, 0.15) is 71.1 Å². The van der Waals surface area contributed by atoms with Gasteiger partial charge in [0.2, 0.25) is 0 Å². The van der Waals surface area contributed by atoms with Crippen LogP contribution in [-0.4, -0.2) is 17.0 Å². The molecule has 0 saturated heterocycles. The smallest absolute Gasteiger partial charge is 0.0152 e. The molecule has 0 nitrogen and oxygen atoms in total. The number of halogens is 1. The number of rotatable bonds is 4. The van der Waals surface area contributed by atoms with Gasteiger partial charge in [-0.3, -0.25) is 0 Å². The summed E-state index contributed by atoms with van der Waals surface area (Å²) >= 11 is 3.83. The first-order valence-electron chi connectivity index (χ1n) is 9.08. The van der Waals surface area contributed by atoms with E-state index in [0.29, 0.717) is 5.92 Å². The predicted octanol–water partition coefficient (Wildman–Crippen LogP) is 6.99. The van der Waals surface area contributed by atoms with Gasteiger partial charge in [-0.05, 0) is 42.7 Å². The van der Waals surface area contributed by atoms with Crippen LogP contribution < -0.4 is 0 Å². The maximum Gasteiger partial charge on any atom is 0.0152 e. The van der Waals surface area contributed by atoms with Gasteiger partial charge in [-0.1, -0.05) is 87.5 Å². The molecule has 0 N–H and O–H groups in total. The molecule has 0 heterocycles. The second-order valence-electron chi connectivity index (χ2n) is 7.23.